The smallest absolute Gasteiger partial charge is 0.111 e. The van der Waals surface area contributed by atoms with Crippen molar-refractivity contribution in [2.75, 3.05) is 0 Å². The molecule has 3 heteroatoms. The molecule has 0 atom stereocenters. The monoisotopic (exact) mass is 245 g/mol. The molecule has 98 valence electrons. The lowest BCUT2D eigenvalue weighted by Crippen LogP contribution is -2.35. The second-order valence-corrected chi connectivity index (χ2v) is 5.84. The van der Waals surface area contributed by atoms with Crippen LogP contribution in [0.4, 0.5) is 0 Å². The van der Waals surface area contributed by atoms with Gasteiger partial charge < -0.3 is 10.3 Å². The van der Waals surface area contributed by atoms with Crippen molar-refractivity contribution in [2.24, 2.45) is 5.73 Å². The van der Waals surface area contributed by atoms with Gasteiger partial charge in [0, 0.05) is 18.5 Å². The fraction of sp³-hybridized carbons (Fsp3) is 0.533. The van der Waals surface area contributed by atoms with Gasteiger partial charge in [0.05, 0.1) is 11.0 Å². The van der Waals surface area contributed by atoms with Crippen molar-refractivity contribution in [3.63, 3.8) is 0 Å². The molecule has 0 fully saturated rings. The summed E-state index contributed by atoms with van der Waals surface area (Å²) in [6, 6.07) is 6.46. The summed E-state index contributed by atoms with van der Waals surface area (Å²) >= 11 is 0. The van der Waals surface area contributed by atoms with Gasteiger partial charge in [0.15, 0.2) is 0 Å². The van der Waals surface area contributed by atoms with Crippen LogP contribution in [-0.4, -0.2) is 15.1 Å². The van der Waals surface area contributed by atoms with Gasteiger partial charge in [0.1, 0.15) is 5.82 Å². The largest absolute Gasteiger partial charge is 0.328 e. The van der Waals surface area contributed by atoms with Gasteiger partial charge in [-0.2, -0.15) is 0 Å². The van der Waals surface area contributed by atoms with Crippen LogP contribution in [0.1, 0.15) is 38.6 Å². The number of benzene rings is 1. The maximum Gasteiger partial charge on any atom is 0.111 e. The van der Waals surface area contributed by atoms with Crippen LogP contribution in [0.5, 0.6) is 0 Å². The van der Waals surface area contributed by atoms with Gasteiger partial charge in [-0.15, -0.1) is 0 Å². The second kappa shape index (κ2) is 4.73. The first-order valence-corrected chi connectivity index (χ1v) is 6.65. The molecule has 0 aliphatic carbocycles. The summed E-state index contributed by atoms with van der Waals surface area (Å²) in [4.78, 5) is 4.76. The molecule has 3 nitrogen and oxygen atoms in total. The maximum absolute atomic E-state index is 6.13. The minimum atomic E-state index is -0.220. The number of fused-ring (bicyclic) bond motifs is 1. The van der Waals surface area contributed by atoms with Crippen LogP contribution in [0.3, 0.4) is 0 Å². The van der Waals surface area contributed by atoms with Crippen LogP contribution in [0.25, 0.3) is 11.0 Å². The van der Waals surface area contributed by atoms with Crippen molar-refractivity contribution in [2.45, 2.75) is 52.6 Å². The number of hydrogen-bond acceptors (Lipinski definition) is 2. The van der Waals surface area contributed by atoms with E-state index in [1.54, 1.807) is 0 Å². The van der Waals surface area contributed by atoms with Crippen molar-refractivity contribution in [3.8, 4) is 0 Å². The number of aromatic nitrogens is 2. The molecule has 2 N–H and O–H groups in total. The van der Waals surface area contributed by atoms with Gasteiger partial charge in [-0.1, -0.05) is 13.0 Å². The molecule has 18 heavy (non-hydrogen) atoms. The first-order chi connectivity index (χ1) is 8.40. The Morgan fingerprint density at radius 3 is 2.67 bits per heavy atom. The average molecular weight is 245 g/mol. The number of hydrogen-bond donors (Lipinski definition) is 1. The van der Waals surface area contributed by atoms with Crippen LogP contribution in [0.15, 0.2) is 18.2 Å². The summed E-state index contributed by atoms with van der Waals surface area (Å²) in [5.74, 6) is 1.10. The summed E-state index contributed by atoms with van der Waals surface area (Å²) in [5.41, 5.74) is 9.47. The highest BCUT2D eigenvalue weighted by Crippen LogP contribution is 2.20. The Morgan fingerprint density at radius 2 is 2.06 bits per heavy atom. The Morgan fingerprint density at radius 1 is 1.33 bits per heavy atom. The van der Waals surface area contributed by atoms with Gasteiger partial charge in [-0.25, -0.2) is 4.98 Å². The molecule has 0 aliphatic rings. The summed E-state index contributed by atoms with van der Waals surface area (Å²) in [5, 5.41) is 0. The van der Waals surface area contributed by atoms with Crippen LogP contribution < -0.4 is 5.73 Å². The van der Waals surface area contributed by atoms with E-state index < -0.39 is 0 Å². The molecule has 1 aromatic heterocycles. The number of nitrogens with zero attached hydrogens (tertiary/aromatic N) is 2. The second-order valence-electron chi connectivity index (χ2n) is 5.84. The molecule has 0 aliphatic heterocycles. The molecule has 1 aromatic carbocycles. The van der Waals surface area contributed by atoms with E-state index in [1.165, 1.54) is 11.1 Å². The van der Waals surface area contributed by atoms with Crippen molar-refractivity contribution in [3.05, 3.63) is 29.6 Å². The third kappa shape index (κ3) is 2.72. The van der Waals surface area contributed by atoms with Gasteiger partial charge in [-0.05, 0) is 44.9 Å². The highest BCUT2D eigenvalue weighted by atomic mass is 15.1. The van der Waals surface area contributed by atoms with E-state index in [-0.39, 0.29) is 5.54 Å². The van der Waals surface area contributed by atoms with Crippen molar-refractivity contribution >= 4 is 11.0 Å². The zero-order valence-electron chi connectivity index (χ0n) is 11.8. The Bertz CT molecular complexity index is 547. The first kappa shape index (κ1) is 13.1. The Labute approximate surface area is 109 Å². The molecule has 0 spiro atoms. The SMILES string of the molecule is CCCn1c(CC(C)(C)N)nc2cc(C)ccc21. The van der Waals surface area contributed by atoms with Crippen LogP contribution in [0.2, 0.25) is 0 Å². The third-order valence-corrected chi connectivity index (χ3v) is 3.04. The van der Waals surface area contributed by atoms with E-state index in [9.17, 15) is 0 Å². The standard InChI is InChI=1S/C15H23N3/c1-5-8-18-13-7-6-11(2)9-12(13)17-14(18)10-15(3,4)16/h6-7,9H,5,8,10,16H2,1-4H3. The van der Waals surface area contributed by atoms with Crippen molar-refractivity contribution in [1.82, 2.24) is 9.55 Å². The van der Waals surface area contributed by atoms with E-state index >= 15 is 0 Å². The van der Waals surface area contributed by atoms with Crippen LogP contribution >= 0.6 is 0 Å². The van der Waals surface area contributed by atoms with Gasteiger partial charge in [0.25, 0.3) is 0 Å². The molecule has 0 radical (unpaired) electrons. The fourth-order valence-electron chi connectivity index (χ4n) is 2.31. The molecule has 1 heterocycles. The summed E-state index contributed by atoms with van der Waals surface area (Å²) < 4.78 is 2.31. The molecule has 0 unspecified atom stereocenters. The minimum absolute atomic E-state index is 0.220. The molecule has 0 saturated heterocycles. The fourth-order valence-corrected chi connectivity index (χ4v) is 2.31. The molecule has 0 amide bonds. The minimum Gasteiger partial charge on any atom is -0.328 e. The maximum atomic E-state index is 6.13. The molecular formula is C15H23N3. The predicted octanol–water partition coefficient (Wildman–Crippen LogP) is 3.03. The highest BCUT2D eigenvalue weighted by Gasteiger charge is 2.18. The van der Waals surface area contributed by atoms with Gasteiger partial charge in [0.2, 0.25) is 0 Å². The lowest BCUT2D eigenvalue weighted by atomic mass is 10.0. The van der Waals surface area contributed by atoms with E-state index in [2.05, 4.69) is 36.6 Å². The Kier molecular flexibility index (Phi) is 3.44. The Hall–Kier alpha value is -1.35. The lowest BCUT2D eigenvalue weighted by molar-refractivity contribution is 0.486. The normalized spacial score (nSPS) is 12.3. The van der Waals surface area contributed by atoms with Crippen molar-refractivity contribution in [1.29, 1.82) is 0 Å². The molecule has 0 saturated carbocycles. The molecule has 2 aromatic rings. The van der Waals surface area contributed by atoms with E-state index in [0.717, 1.165) is 30.7 Å². The van der Waals surface area contributed by atoms with Crippen LogP contribution in [-0.2, 0) is 13.0 Å². The van der Waals surface area contributed by atoms with E-state index in [4.69, 9.17) is 10.7 Å². The average Bonchev–Trinajstić information content (AvgIpc) is 2.54. The number of nitrogens with two attached hydrogens (primary N) is 1. The molecule has 0 bridgehead atoms. The number of imidazole rings is 1. The zero-order valence-corrected chi connectivity index (χ0v) is 11.8. The predicted molar refractivity (Wildman–Crippen MR) is 76.7 cm³/mol. The zero-order chi connectivity index (χ0) is 13.3. The number of rotatable bonds is 4. The first-order valence-electron chi connectivity index (χ1n) is 6.65. The Balaban J connectivity index is 2.53. The quantitative estimate of drug-likeness (QED) is 0.899. The molecule has 2 rings (SSSR count). The lowest BCUT2D eigenvalue weighted by Gasteiger charge is -2.18. The summed E-state index contributed by atoms with van der Waals surface area (Å²) in [6.07, 6.45) is 1.91. The number of aryl methyl sites for hydroxylation is 2. The summed E-state index contributed by atoms with van der Waals surface area (Å²) in [7, 11) is 0. The van der Waals surface area contributed by atoms with Crippen molar-refractivity contribution < 1.29 is 0 Å². The summed E-state index contributed by atoms with van der Waals surface area (Å²) in [6.45, 7) is 9.40. The van der Waals surface area contributed by atoms with E-state index in [0.29, 0.717) is 0 Å². The van der Waals surface area contributed by atoms with Gasteiger partial charge in [-0.3, -0.25) is 0 Å². The topological polar surface area (TPSA) is 43.8 Å². The van der Waals surface area contributed by atoms with E-state index in [1.807, 2.05) is 13.8 Å². The van der Waals surface area contributed by atoms with Gasteiger partial charge >= 0.3 is 0 Å². The molecular weight excluding hydrogens is 222 g/mol. The highest BCUT2D eigenvalue weighted by molar-refractivity contribution is 5.76. The third-order valence-electron chi connectivity index (χ3n) is 3.04. The van der Waals surface area contributed by atoms with Crippen LogP contribution in [0, 0.1) is 6.92 Å².